The Hall–Kier alpha value is -4.04. The van der Waals surface area contributed by atoms with Gasteiger partial charge in [0.15, 0.2) is 0 Å². The number of rotatable bonds is 10. The summed E-state index contributed by atoms with van der Waals surface area (Å²) in [4.78, 5) is 25.2. The van der Waals surface area contributed by atoms with E-state index in [1.54, 1.807) is 0 Å². The van der Waals surface area contributed by atoms with Gasteiger partial charge in [-0.3, -0.25) is 4.90 Å². The quantitative estimate of drug-likeness (QED) is 0.253. The van der Waals surface area contributed by atoms with E-state index < -0.39 is 0 Å². The van der Waals surface area contributed by atoms with Crippen molar-refractivity contribution in [3.63, 3.8) is 0 Å². The number of piperazine rings is 1. The lowest BCUT2D eigenvalue weighted by Gasteiger charge is -2.36. The van der Waals surface area contributed by atoms with Gasteiger partial charge < -0.3 is 25.3 Å². The van der Waals surface area contributed by atoms with E-state index in [1.807, 2.05) is 31.2 Å². The Balaban J connectivity index is 1.11. The molecule has 3 aromatic carbocycles. The van der Waals surface area contributed by atoms with Gasteiger partial charge in [0.1, 0.15) is 23.7 Å². The zero-order chi connectivity index (χ0) is 27.0. The summed E-state index contributed by atoms with van der Waals surface area (Å²) in [6.07, 6.45) is 1.94. The third-order valence-electron chi connectivity index (χ3n) is 7.16. The Morgan fingerprint density at radius 3 is 2.46 bits per heavy atom. The van der Waals surface area contributed by atoms with Crippen LogP contribution >= 0.6 is 0 Å². The molecule has 1 saturated heterocycles. The number of nitrogens with one attached hydrogen (secondary N) is 3. The second kappa shape index (κ2) is 12.7. The van der Waals surface area contributed by atoms with Crippen LogP contribution in [0.4, 0.5) is 16.2 Å². The molecule has 0 saturated carbocycles. The van der Waals surface area contributed by atoms with Crippen LogP contribution in [0.2, 0.25) is 0 Å². The number of fused-ring (bicyclic) bond motifs is 1. The molecule has 3 N–H and O–H groups in total. The normalized spacial score (nSPS) is 13.9. The number of aryl methyl sites for hydroxylation is 1. The summed E-state index contributed by atoms with van der Waals surface area (Å²) < 4.78 is 5.96. The van der Waals surface area contributed by atoms with Gasteiger partial charge in [-0.25, -0.2) is 9.78 Å². The number of aromatic nitrogens is 2. The van der Waals surface area contributed by atoms with Crippen molar-refractivity contribution in [2.24, 2.45) is 0 Å². The molecule has 0 unspecified atom stereocenters. The van der Waals surface area contributed by atoms with Crippen molar-refractivity contribution >= 4 is 28.4 Å². The number of amides is 2. The van der Waals surface area contributed by atoms with Crippen LogP contribution in [0, 0.1) is 0 Å². The molecule has 0 bridgehead atoms. The van der Waals surface area contributed by atoms with E-state index >= 15 is 0 Å². The number of carbonyl (C=O) groups excluding carboxylic acids is 1. The van der Waals surface area contributed by atoms with Gasteiger partial charge in [-0.2, -0.15) is 0 Å². The number of urea groups is 1. The lowest BCUT2D eigenvalue weighted by atomic mass is 10.1. The van der Waals surface area contributed by atoms with Crippen LogP contribution in [0.5, 0.6) is 5.75 Å². The van der Waals surface area contributed by atoms with Crippen LogP contribution < -0.4 is 20.3 Å². The highest BCUT2D eigenvalue weighted by Crippen LogP contribution is 2.29. The maximum absolute atomic E-state index is 11.8. The number of carbonyl (C=O) groups is 1. The average molecular weight is 527 g/mol. The average Bonchev–Trinajstić information content (AvgIpc) is 3.42. The Morgan fingerprint density at radius 2 is 1.74 bits per heavy atom. The number of aromatic amines is 1. The monoisotopic (exact) mass is 526 g/mol. The summed E-state index contributed by atoms with van der Waals surface area (Å²) in [6, 6.07) is 22.4. The van der Waals surface area contributed by atoms with E-state index in [9.17, 15) is 4.79 Å². The molecule has 2 heterocycles. The second-order valence-electron chi connectivity index (χ2n) is 9.89. The minimum absolute atomic E-state index is 0.185. The largest absolute Gasteiger partial charge is 0.492 e. The highest BCUT2D eigenvalue weighted by Gasteiger charge is 2.20. The second-order valence-corrected chi connectivity index (χ2v) is 9.89. The SMILES string of the molecule is CCCNC(=O)Nc1ccc(OCCN2CCN(c3cccc4[nH]c(-c5ccc(CC)cc5)nc34)CC2)cc1. The van der Waals surface area contributed by atoms with Crippen molar-refractivity contribution in [2.75, 3.05) is 56.1 Å². The van der Waals surface area contributed by atoms with Crippen LogP contribution in [0.3, 0.4) is 0 Å². The molecule has 4 aromatic rings. The summed E-state index contributed by atoms with van der Waals surface area (Å²) in [6.45, 7) is 10.2. The molecule has 5 rings (SSSR count). The first kappa shape index (κ1) is 26.6. The molecule has 2 amide bonds. The number of anilines is 2. The fourth-order valence-corrected chi connectivity index (χ4v) is 4.86. The zero-order valence-electron chi connectivity index (χ0n) is 22.9. The van der Waals surface area contributed by atoms with E-state index in [0.29, 0.717) is 13.2 Å². The molecule has 1 aliphatic heterocycles. The summed E-state index contributed by atoms with van der Waals surface area (Å²) in [7, 11) is 0. The number of benzene rings is 3. The van der Waals surface area contributed by atoms with Crippen LogP contribution in [0.1, 0.15) is 25.8 Å². The highest BCUT2D eigenvalue weighted by molar-refractivity contribution is 5.91. The Morgan fingerprint density at radius 1 is 0.974 bits per heavy atom. The molecule has 39 heavy (non-hydrogen) atoms. The lowest BCUT2D eigenvalue weighted by Crippen LogP contribution is -2.47. The Bertz CT molecular complexity index is 1360. The molecule has 1 fully saturated rings. The number of para-hydroxylation sites is 1. The molecule has 0 spiro atoms. The number of nitrogens with zero attached hydrogens (tertiary/aromatic N) is 3. The lowest BCUT2D eigenvalue weighted by molar-refractivity contribution is 0.200. The first-order chi connectivity index (χ1) is 19.1. The summed E-state index contributed by atoms with van der Waals surface area (Å²) in [5, 5.41) is 5.63. The van der Waals surface area contributed by atoms with Crippen molar-refractivity contribution < 1.29 is 9.53 Å². The maximum Gasteiger partial charge on any atom is 0.319 e. The molecular formula is C31H38N6O2. The summed E-state index contributed by atoms with van der Waals surface area (Å²) in [5.74, 6) is 1.72. The molecule has 1 aliphatic rings. The zero-order valence-corrected chi connectivity index (χ0v) is 22.9. The molecule has 0 aliphatic carbocycles. The van der Waals surface area contributed by atoms with Crippen LogP contribution in [0.15, 0.2) is 66.7 Å². The van der Waals surface area contributed by atoms with Gasteiger partial charge in [0.25, 0.3) is 0 Å². The van der Waals surface area contributed by atoms with Crippen molar-refractivity contribution in [3.8, 4) is 17.1 Å². The van der Waals surface area contributed by atoms with Crippen molar-refractivity contribution in [2.45, 2.75) is 26.7 Å². The third-order valence-corrected chi connectivity index (χ3v) is 7.16. The topological polar surface area (TPSA) is 85.5 Å². The predicted octanol–water partition coefficient (Wildman–Crippen LogP) is 5.52. The van der Waals surface area contributed by atoms with E-state index in [4.69, 9.17) is 9.72 Å². The predicted molar refractivity (Wildman–Crippen MR) is 159 cm³/mol. The molecule has 1 aromatic heterocycles. The molecule has 0 atom stereocenters. The van der Waals surface area contributed by atoms with Gasteiger partial charge in [-0.05, 0) is 54.8 Å². The van der Waals surface area contributed by atoms with E-state index in [1.165, 1.54) is 11.3 Å². The number of hydrogen-bond acceptors (Lipinski definition) is 5. The first-order valence-corrected chi connectivity index (χ1v) is 14.0. The number of ether oxygens (including phenoxy) is 1. The molecule has 8 heteroatoms. The van der Waals surface area contributed by atoms with Crippen LogP contribution in [-0.2, 0) is 6.42 Å². The van der Waals surface area contributed by atoms with Crippen LogP contribution in [-0.4, -0.2) is 66.8 Å². The van der Waals surface area contributed by atoms with Gasteiger partial charge in [-0.15, -0.1) is 0 Å². The smallest absolute Gasteiger partial charge is 0.319 e. The molecule has 8 nitrogen and oxygen atoms in total. The van der Waals surface area contributed by atoms with Gasteiger partial charge in [0, 0.05) is 50.5 Å². The number of H-pyrrole nitrogens is 1. The van der Waals surface area contributed by atoms with Crippen molar-refractivity contribution in [1.82, 2.24) is 20.2 Å². The van der Waals surface area contributed by atoms with Gasteiger partial charge >= 0.3 is 6.03 Å². The van der Waals surface area contributed by atoms with E-state index in [2.05, 4.69) is 74.8 Å². The highest BCUT2D eigenvalue weighted by atomic mass is 16.5. The summed E-state index contributed by atoms with van der Waals surface area (Å²) in [5.41, 5.74) is 6.49. The van der Waals surface area contributed by atoms with Crippen LogP contribution in [0.25, 0.3) is 22.4 Å². The Labute approximate surface area is 230 Å². The van der Waals surface area contributed by atoms with Crippen molar-refractivity contribution in [3.05, 3.63) is 72.3 Å². The molecule has 204 valence electrons. The van der Waals surface area contributed by atoms with Gasteiger partial charge in [0.2, 0.25) is 0 Å². The Kier molecular flexibility index (Phi) is 8.63. The maximum atomic E-state index is 11.8. The van der Waals surface area contributed by atoms with Gasteiger partial charge in [0.05, 0.1) is 11.2 Å². The molecule has 0 radical (unpaired) electrons. The van der Waals surface area contributed by atoms with Crippen molar-refractivity contribution in [1.29, 1.82) is 0 Å². The fraction of sp³-hybridized carbons (Fsp3) is 0.355. The standard InChI is InChI=1S/C31H38N6O2/c1-3-16-32-31(38)33-25-12-14-26(15-13-25)39-22-21-36-17-19-37(20-18-36)28-7-5-6-27-29(28)35-30(34-27)24-10-8-23(4-2)9-11-24/h5-15H,3-4,16-22H2,1-2H3,(H,34,35)(H2,32,33,38). The van der Waals surface area contributed by atoms with E-state index in [0.717, 1.165) is 79.4 Å². The fourth-order valence-electron chi connectivity index (χ4n) is 4.86. The number of imidazole rings is 1. The first-order valence-electron chi connectivity index (χ1n) is 14.0. The molecular weight excluding hydrogens is 488 g/mol. The van der Waals surface area contributed by atoms with Gasteiger partial charge in [-0.1, -0.05) is 44.2 Å². The minimum Gasteiger partial charge on any atom is -0.492 e. The summed E-state index contributed by atoms with van der Waals surface area (Å²) >= 11 is 0. The van der Waals surface area contributed by atoms with E-state index in [-0.39, 0.29) is 6.03 Å². The minimum atomic E-state index is -0.185. The third kappa shape index (κ3) is 6.70. The number of hydrogen-bond donors (Lipinski definition) is 3.